The Kier molecular flexibility index (Phi) is 3.85. The van der Waals surface area contributed by atoms with Crippen LogP contribution in [0.5, 0.6) is 0 Å². The maximum absolute atomic E-state index is 12.4. The molecule has 0 saturated heterocycles. The molecule has 1 aliphatic heterocycles. The van der Waals surface area contributed by atoms with Crippen LogP contribution in [-0.4, -0.2) is 15.0 Å². The quantitative estimate of drug-likeness (QED) is 0.815. The fourth-order valence-electron chi connectivity index (χ4n) is 2.98. The summed E-state index contributed by atoms with van der Waals surface area (Å²) in [6.07, 6.45) is 0. The number of benzene rings is 2. The van der Waals surface area contributed by atoms with Gasteiger partial charge in [-0.05, 0) is 55.5 Å². The highest BCUT2D eigenvalue weighted by atomic mass is 32.2. The minimum atomic E-state index is -0.551. The van der Waals surface area contributed by atoms with Crippen LogP contribution in [0.3, 0.4) is 0 Å². The van der Waals surface area contributed by atoms with Crippen LogP contribution in [0.2, 0.25) is 0 Å². The van der Waals surface area contributed by atoms with E-state index in [-0.39, 0.29) is 10.9 Å². The molecule has 1 heterocycles. The molecule has 0 spiro atoms. The Morgan fingerprint density at radius 3 is 2.09 bits per heavy atom. The molecular weight excluding hydrogens is 304 g/mol. The van der Waals surface area contributed by atoms with Crippen molar-refractivity contribution in [2.24, 2.45) is 0 Å². The van der Waals surface area contributed by atoms with E-state index in [1.54, 1.807) is 0 Å². The van der Waals surface area contributed by atoms with Gasteiger partial charge in [-0.1, -0.05) is 54.2 Å². The first-order chi connectivity index (χ1) is 10.8. The molecule has 2 nitrogen and oxygen atoms in total. The summed E-state index contributed by atoms with van der Waals surface area (Å²) in [4.78, 5) is 12.4. The molecule has 23 heavy (non-hydrogen) atoms. The zero-order valence-corrected chi connectivity index (χ0v) is 14.6. The predicted molar refractivity (Wildman–Crippen MR) is 97.6 cm³/mol. The van der Waals surface area contributed by atoms with Crippen molar-refractivity contribution in [3.05, 3.63) is 64.9 Å². The van der Waals surface area contributed by atoms with Gasteiger partial charge in [-0.2, -0.15) is 0 Å². The lowest BCUT2D eigenvalue weighted by atomic mass is 9.90. The van der Waals surface area contributed by atoms with Gasteiger partial charge in [-0.15, -0.1) is 0 Å². The van der Waals surface area contributed by atoms with Crippen LogP contribution >= 0.6 is 11.8 Å². The van der Waals surface area contributed by atoms with Crippen molar-refractivity contribution >= 4 is 22.5 Å². The van der Waals surface area contributed by atoms with Crippen LogP contribution in [0.25, 0.3) is 16.7 Å². The monoisotopic (exact) mass is 324 g/mol. The van der Waals surface area contributed by atoms with Crippen molar-refractivity contribution < 1.29 is 9.90 Å². The molecule has 3 rings (SSSR count). The van der Waals surface area contributed by atoms with E-state index in [0.29, 0.717) is 5.57 Å². The van der Waals surface area contributed by atoms with Crippen molar-refractivity contribution in [3.63, 3.8) is 0 Å². The van der Waals surface area contributed by atoms with Gasteiger partial charge in [0.25, 0.3) is 0 Å². The Morgan fingerprint density at radius 1 is 0.957 bits per heavy atom. The van der Waals surface area contributed by atoms with E-state index < -0.39 is 4.75 Å². The highest BCUT2D eigenvalue weighted by molar-refractivity contribution is 8.16. The van der Waals surface area contributed by atoms with Gasteiger partial charge in [0.1, 0.15) is 5.76 Å². The third kappa shape index (κ3) is 2.70. The molecule has 0 amide bonds. The molecule has 0 aromatic heterocycles. The van der Waals surface area contributed by atoms with Crippen molar-refractivity contribution in [1.29, 1.82) is 0 Å². The Morgan fingerprint density at radius 2 is 1.52 bits per heavy atom. The average Bonchev–Trinajstić information content (AvgIpc) is 2.70. The molecule has 0 atom stereocenters. The smallest absolute Gasteiger partial charge is 0.224 e. The molecule has 0 bridgehead atoms. The summed E-state index contributed by atoms with van der Waals surface area (Å²) in [7, 11) is 0. The molecule has 0 unspecified atom stereocenters. The molecule has 118 valence electrons. The van der Waals surface area contributed by atoms with Gasteiger partial charge in [0.15, 0.2) is 0 Å². The molecular formula is C20H20O2S. The van der Waals surface area contributed by atoms with Crippen LogP contribution in [0, 0.1) is 13.8 Å². The largest absolute Gasteiger partial charge is 0.510 e. The summed E-state index contributed by atoms with van der Waals surface area (Å²) in [6, 6.07) is 14.3. The van der Waals surface area contributed by atoms with Crippen molar-refractivity contribution in [3.8, 4) is 11.1 Å². The molecule has 0 saturated carbocycles. The third-order valence-corrected chi connectivity index (χ3v) is 5.38. The molecule has 3 heteroatoms. The second kappa shape index (κ2) is 5.57. The van der Waals surface area contributed by atoms with Crippen LogP contribution < -0.4 is 0 Å². The maximum atomic E-state index is 12.4. The highest BCUT2D eigenvalue weighted by Gasteiger charge is 2.40. The lowest BCUT2D eigenvalue weighted by Gasteiger charge is -2.15. The number of aliphatic hydroxyl groups is 1. The first-order valence-electron chi connectivity index (χ1n) is 7.65. The van der Waals surface area contributed by atoms with E-state index in [1.807, 2.05) is 52.0 Å². The Hall–Kier alpha value is -2.00. The molecule has 0 fully saturated rings. The summed E-state index contributed by atoms with van der Waals surface area (Å²) < 4.78 is -0.551. The number of carbonyl (C=O) groups excluding carboxylic acids is 1. The van der Waals surface area contributed by atoms with Gasteiger partial charge in [0.2, 0.25) is 5.12 Å². The van der Waals surface area contributed by atoms with Crippen LogP contribution in [0.15, 0.2) is 48.2 Å². The lowest BCUT2D eigenvalue weighted by molar-refractivity contribution is -0.106. The van der Waals surface area contributed by atoms with Gasteiger partial charge in [0, 0.05) is 0 Å². The average molecular weight is 324 g/mol. The third-order valence-electron chi connectivity index (χ3n) is 4.28. The number of rotatable bonds is 2. The number of aliphatic hydroxyl groups excluding tert-OH is 1. The molecule has 0 aliphatic carbocycles. The Balaban J connectivity index is 2.16. The number of thioether (sulfide) groups is 1. The zero-order chi connectivity index (χ0) is 16.8. The topological polar surface area (TPSA) is 37.3 Å². The van der Waals surface area contributed by atoms with Gasteiger partial charge in [-0.3, -0.25) is 4.79 Å². The minimum Gasteiger partial charge on any atom is -0.510 e. The summed E-state index contributed by atoms with van der Waals surface area (Å²) in [5.41, 5.74) is 5.71. The number of aryl methyl sites for hydroxylation is 2. The fourth-order valence-corrected chi connectivity index (χ4v) is 3.95. The minimum absolute atomic E-state index is 0.0533. The number of carbonyl (C=O) groups is 1. The molecule has 2 aromatic rings. The number of hydrogen-bond acceptors (Lipinski definition) is 3. The lowest BCUT2D eigenvalue weighted by Crippen LogP contribution is -2.14. The SMILES string of the molecule is Cc1cc(-c2ccccc2)c(C)cc1C1=C(O)C(C)(C)SC1=O. The Labute approximate surface area is 141 Å². The summed E-state index contributed by atoms with van der Waals surface area (Å²) in [5.74, 6) is 0.183. The van der Waals surface area contributed by atoms with Crippen LogP contribution in [-0.2, 0) is 4.79 Å². The fraction of sp³-hybridized carbons (Fsp3) is 0.250. The van der Waals surface area contributed by atoms with Gasteiger partial charge in [-0.25, -0.2) is 0 Å². The zero-order valence-electron chi connectivity index (χ0n) is 13.8. The number of hydrogen-bond donors (Lipinski definition) is 1. The van der Waals surface area contributed by atoms with Gasteiger partial charge < -0.3 is 5.11 Å². The van der Waals surface area contributed by atoms with Crippen molar-refractivity contribution in [1.82, 2.24) is 0 Å². The molecule has 1 N–H and O–H groups in total. The summed E-state index contributed by atoms with van der Waals surface area (Å²) in [5, 5.41) is 10.4. The maximum Gasteiger partial charge on any atom is 0.224 e. The van der Waals surface area contributed by atoms with E-state index in [2.05, 4.69) is 18.2 Å². The normalized spacial score (nSPS) is 17.0. The molecule has 1 aliphatic rings. The van der Waals surface area contributed by atoms with Crippen LogP contribution in [0.1, 0.15) is 30.5 Å². The van der Waals surface area contributed by atoms with E-state index >= 15 is 0 Å². The van der Waals surface area contributed by atoms with E-state index in [9.17, 15) is 9.90 Å². The van der Waals surface area contributed by atoms with E-state index in [4.69, 9.17) is 0 Å². The molecule has 2 aromatic carbocycles. The van der Waals surface area contributed by atoms with Gasteiger partial charge >= 0.3 is 0 Å². The summed E-state index contributed by atoms with van der Waals surface area (Å²) in [6.45, 7) is 7.78. The first kappa shape index (κ1) is 15.9. The predicted octanol–water partition coefficient (Wildman–Crippen LogP) is 5.29. The second-order valence-electron chi connectivity index (χ2n) is 6.47. The van der Waals surface area contributed by atoms with Crippen molar-refractivity contribution in [2.45, 2.75) is 32.4 Å². The van der Waals surface area contributed by atoms with Gasteiger partial charge in [0.05, 0.1) is 10.3 Å². The molecule has 0 radical (unpaired) electrons. The summed E-state index contributed by atoms with van der Waals surface area (Å²) >= 11 is 1.19. The van der Waals surface area contributed by atoms with Crippen LogP contribution in [0.4, 0.5) is 0 Å². The van der Waals surface area contributed by atoms with Crippen molar-refractivity contribution in [2.75, 3.05) is 0 Å². The van der Waals surface area contributed by atoms with E-state index in [1.165, 1.54) is 11.8 Å². The highest BCUT2D eigenvalue weighted by Crippen LogP contribution is 2.46. The second-order valence-corrected chi connectivity index (χ2v) is 8.07. The Bertz CT molecular complexity index is 817. The van der Waals surface area contributed by atoms with E-state index in [0.717, 1.165) is 27.8 Å². The standard InChI is InChI=1S/C20H20O2S/c1-12-11-16(17-18(21)20(3,4)23-19(17)22)13(2)10-15(12)14-8-6-5-7-9-14/h5-11,21H,1-4H3. The first-order valence-corrected chi connectivity index (χ1v) is 8.47.